The summed E-state index contributed by atoms with van der Waals surface area (Å²) in [6.45, 7) is 0. The number of methoxy groups -OCH3 is 2. The first-order valence-electron chi connectivity index (χ1n) is 7.76. The summed E-state index contributed by atoms with van der Waals surface area (Å²) in [5.41, 5.74) is 0.708. The summed E-state index contributed by atoms with van der Waals surface area (Å²) < 4.78 is 10.5. The van der Waals surface area contributed by atoms with E-state index in [9.17, 15) is 4.79 Å². The standard InChI is InChI=1S/C17H21NO3/c1-20-11-5-6-13(21-2)12(8-11)18-17(19)16-14-9-3-4-10(7-9)15(14)16/h5-6,8-10,14-16H,3-4,7H2,1-2H3,(H,18,19)/t9-,10-,14-,15+,16?/m1/s1. The molecule has 5 atom stereocenters. The van der Waals surface area contributed by atoms with Gasteiger partial charge in [0.15, 0.2) is 0 Å². The molecule has 3 aliphatic carbocycles. The van der Waals surface area contributed by atoms with Crippen LogP contribution < -0.4 is 14.8 Å². The lowest BCUT2D eigenvalue weighted by atomic mass is 10.0. The molecule has 2 bridgehead atoms. The molecule has 0 aromatic heterocycles. The van der Waals surface area contributed by atoms with E-state index < -0.39 is 0 Å². The maximum Gasteiger partial charge on any atom is 0.228 e. The second kappa shape index (κ2) is 4.65. The molecular weight excluding hydrogens is 266 g/mol. The predicted molar refractivity (Wildman–Crippen MR) is 79.5 cm³/mol. The number of rotatable bonds is 4. The molecule has 112 valence electrons. The van der Waals surface area contributed by atoms with Gasteiger partial charge in [0, 0.05) is 12.0 Å². The van der Waals surface area contributed by atoms with Gasteiger partial charge in [-0.2, -0.15) is 0 Å². The lowest BCUT2D eigenvalue weighted by Crippen LogP contribution is -2.19. The van der Waals surface area contributed by atoms with Crippen LogP contribution in [0.15, 0.2) is 18.2 Å². The van der Waals surface area contributed by atoms with Crippen molar-refractivity contribution in [2.24, 2.45) is 29.6 Å². The van der Waals surface area contributed by atoms with Crippen molar-refractivity contribution in [1.29, 1.82) is 0 Å². The van der Waals surface area contributed by atoms with Crippen molar-refractivity contribution >= 4 is 11.6 Å². The predicted octanol–water partition coefficient (Wildman–Crippen LogP) is 2.93. The van der Waals surface area contributed by atoms with E-state index in [0.717, 1.165) is 17.6 Å². The molecule has 1 amide bonds. The molecule has 4 nitrogen and oxygen atoms in total. The lowest BCUT2D eigenvalue weighted by molar-refractivity contribution is -0.118. The van der Waals surface area contributed by atoms with Crippen molar-refractivity contribution in [3.8, 4) is 11.5 Å². The van der Waals surface area contributed by atoms with Crippen LogP contribution in [0.1, 0.15) is 19.3 Å². The molecule has 3 aliphatic rings. The number of carbonyl (C=O) groups excluding carboxylic acids is 1. The summed E-state index contributed by atoms with van der Waals surface area (Å²) in [6.07, 6.45) is 4.03. The van der Waals surface area contributed by atoms with Crippen LogP contribution in [0, 0.1) is 29.6 Å². The van der Waals surface area contributed by atoms with E-state index >= 15 is 0 Å². The van der Waals surface area contributed by atoms with Crippen LogP contribution in [0.4, 0.5) is 5.69 Å². The molecule has 0 heterocycles. The van der Waals surface area contributed by atoms with Gasteiger partial charge in [0.05, 0.1) is 19.9 Å². The number of hydrogen-bond acceptors (Lipinski definition) is 3. The van der Waals surface area contributed by atoms with Gasteiger partial charge in [-0.05, 0) is 55.1 Å². The summed E-state index contributed by atoms with van der Waals surface area (Å²) in [7, 11) is 3.24. The van der Waals surface area contributed by atoms with E-state index in [4.69, 9.17) is 9.47 Å². The van der Waals surface area contributed by atoms with Crippen molar-refractivity contribution in [2.45, 2.75) is 19.3 Å². The Bertz CT molecular complexity index is 569. The Kier molecular flexibility index (Phi) is 2.88. The zero-order valence-corrected chi connectivity index (χ0v) is 12.5. The van der Waals surface area contributed by atoms with E-state index in [1.165, 1.54) is 19.3 Å². The van der Waals surface area contributed by atoms with Gasteiger partial charge in [-0.15, -0.1) is 0 Å². The SMILES string of the molecule is COc1ccc(OC)c(NC(=O)C2[C@@H]3[C@@H]4CC[C@H](C4)[C@H]23)c1. The molecule has 1 aromatic rings. The highest BCUT2D eigenvalue weighted by atomic mass is 16.5. The average molecular weight is 287 g/mol. The number of amides is 1. The van der Waals surface area contributed by atoms with Gasteiger partial charge in [-0.1, -0.05) is 0 Å². The van der Waals surface area contributed by atoms with Crippen molar-refractivity contribution in [1.82, 2.24) is 0 Å². The van der Waals surface area contributed by atoms with E-state index in [-0.39, 0.29) is 11.8 Å². The maximum absolute atomic E-state index is 12.6. The molecule has 3 fully saturated rings. The molecule has 3 saturated carbocycles. The molecule has 21 heavy (non-hydrogen) atoms. The van der Waals surface area contributed by atoms with Gasteiger partial charge >= 0.3 is 0 Å². The molecular formula is C17H21NO3. The summed E-state index contributed by atoms with van der Waals surface area (Å²) in [6, 6.07) is 5.48. The molecule has 1 aromatic carbocycles. The number of ether oxygens (including phenoxy) is 2. The number of benzene rings is 1. The maximum atomic E-state index is 12.6. The van der Waals surface area contributed by atoms with Gasteiger partial charge in [-0.3, -0.25) is 4.79 Å². The zero-order valence-electron chi connectivity index (χ0n) is 12.5. The summed E-state index contributed by atoms with van der Waals surface area (Å²) in [5, 5.41) is 3.05. The number of anilines is 1. The Hall–Kier alpha value is -1.71. The number of fused-ring (bicyclic) bond motifs is 5. The van der Waals surface area contributed by atoms with Gasteiger partial charge in [0.2, 0.25) is 5.91 Å². The normalized spacial score (nSPS) is 35.2. The molecule has 0 radical (unpaired) electrons. The van der Waals surface area contributed by atoms with Crippen LogP contribution >= 0.6 is 0 Å². The first kappa shape index (κ1) is 13.0. The topological polar surface area (TPSA) is 47.6 Å². The summed E-state index contributed by atoms with van der Waals surface area (Å²) in [5.74, 6) is 4.71. The first-order valence-corrected chi connectivity index (χ1v) is 7.76. The average Bonchev–Trinajstić information content (AvgIpc) is 2.96. The van der Waals surface area contributed by atoms with Crippen LogP contribution in [-0.2, 0) is 4.79 Å². The molecule has 1 unspecified atom stereocenters. The minimum atomic E-state index is 0.160. The monoisotopic (exact) mass is 287 g/mol. The highest BCUT2D eigenvalue weighted by molar-refractivity contribution is 5.96. The van der Waals surface area contributed by atoms with Crippen molar-refractivity contribution < 1.29 is 14.3 Å². The smallest absolute Gasteiger partial charge is 0.228 e. The van der Waals surface area contributed by atoms with Crippen LogP contribution in [0.3, 0.4) is 0 Å². The third kappa shape index (κ3) is 1.92. The second-order valence-corrected chi connectivity index (χ2v) is 6.57. The third-order valence-electron chi connectivity index (χ3n) is 5.70. The number of hydrogen-bond donors (Lipinski definition) is 1. The van der Waals surface area contributed by atoms with Gasteiger partial charge in [0.1, 0.15) is 11.5 Å². The van der Waals surface area contributed by atoms with E-state index in [1.54, 1.807) is 14.2 Å². The van der Waals surface area contributed by atoms with E-state index in [2.05, 4.69) is 5.32 Å². The molecule has 4 rings (SSSR count). The van der Waals surface area contributed by atoms with Crippen molar-refractivity contribution in [2.75, 3.05) is 19.5 Å². The Balaban J connectivity index is 1.50. The van der Waals surface area contributed by atoms with E-state index in [1.807, 2.05) is 18.2 Å². The Morgan fingerprint density at radius 2 is 1.86 bits per heavy atom. The molecule has 0 spiro atoms. The highest BCUT2D eigenvalue weighted by Crippen LogP contribution is 2.69. The summed E-state index contributed by atoms with van der Waals surface area (Å²) in [4.78, 5) is 12.6. The van der Waals surface area contributed by atoms with Crippen LogP contribution in [0.5, 0.6) is 11.5 Å². The van der Waals surface area contributed by atoms with Gasteiger partial charge in [-0.25, -0.2) is 0 Å². The molecule has 4 heteroatoms. The van der Waals surface area contributed by atoms with Crippen LogP contribution in [-0.4, -0.2) is 20.1 Å². The largest absolute Gasteiger partial charge is 0.497 e. The van der Waals surface area contributed by atoms with Crippen molar-refractivity contribution in [3.05, 3.63) is 18.2 Å². The van der Waals surface area contributed by atoms with Crippen molar-refractivity contribution in [3.63, 3.8) is 0 Å². The number of nitrogens with one attached hydrogen (secondary N) is 1. The summed E-state index contributed by atoms with van der Waals surface area (Å²) >= 11 is 0. The molecule has 0 saturated heterocycles. The van der Waals surface area contributed by atoms with Crippen LogP contribution in [0.2, 0.25) is 0 Å². The van der Waals surface area contributed by atoms with Gasteiger partial charge < -0.3 is 14.8 Å². The van der Waals surface area contributed by atoms with Gasteiger partial charge in [0.25, 0.3) is 0 Å². The third-order valence-corrected chi connectivity index (χ3v) is 5.70. The Labute approximate surface area is 124 Å². The Morgan fingerprint density at radius 3 is 2.48 bits per heavy atom. The second-order valence-electron chi connectivity index (χ2n) is 6.57. The number of carbonyl (C=O) groups is 1. The minimum absolute atomic E-state index is 0.160. The highest BCUT2D eigenvalue weighted by Gasteiger charge is 2.67. The fourth-order valence-corrected chi connectivity index (χ4v) is 4.80. The quantitative estimate of drug-likeness (QED) is 0.926. The first-order chi connectivity index (χ1) is 10.2. The molecule has 0 aliphatic heterocycles. The minimum Gasteiger partial charge on any atom is -0.497 e. The zero-order chi connectivity index (χ0) is 14.6. The lowest BCUT2D eigenvalue weighted by Gasteiger charge is -2.13. The molecule has 1 N–H and O–H groups in total. The Morgan fingerprint density at radius 1 is 1.14 bits per heavy atom. The fourth-order valence-electron chi connectivity index (χ4n) is 4.80. The van der Waals surface area contributed by atoms with Crippen LogP contribution in [0.25, 0.3) is 0 Å². The fraction of sp³-hybridized carbons (Fsp3) is 0.588. The van der Waals surface area contributed by atoms with E-state index in [0.29, 0.717) is 23.3 Å².